The van der Waals surface area contributed by atoms with E-state index >= 15 is 0 Å². The Balaban J connectivity index is 1.62. The lowest BCUT2D eigenvalue weighted by Gasteiger charge is -2.39. The number of hydrogen-bond acceptors (Lipinski definition) is 3. The fourth-order valence-electron chi connectivity index (χ4n) is 4.92. The van der Waals surface area contributed by atoms with Crippen molar-refractivity contribution in [3.8, 4) is 5.75 Å². The normalized spacial score (nSPS) is 38.5. The highest BCUT2D eigenvalue weighted by Gasteiger charge is 2.62. The van der Waals surface area contributed by atoms with Crippen molar-refractivity contribution in [1.82, 2.24) is 0 Å². The zero-order valence-electron chi connectivity index (χ0n) is 13.9. The molecule has 1 aromatic rings. The van der Waals surface area contributed by atoms with Crippen molar-refractivity contribution in [3.05, 3.63) is 23.0 Å². The van der Waals surface area contributed by atoms with E-state index in [0.717, 1.165) is 29.2 Å². The van der Waals surface area contributed by atoms with Crippen LogP contribution in [0.25, 0.3) is 0 Å². The molecule has 2 saturated carbocycles. The molecule has 1 aliphatic heterocycles. The van der Waals surface area contributed by atoms with Crippen molar-refractivity contribution < 1.29 is 19.6 Å². The first-order valence-electron chi connectivity index (χ1n) is 8.34. The summed E-state index contributed by atoms with van der Waals surface area (Å²) in [6.07, 6.45) is 5.34. The molecule has 2 heterocycles. The number of aromatic hydroxyl groups is 1. The molecule has 0 saturated heterocycles. The van der Waals surface area contributed by atoms with Crippen molar-refractivity contribution in [2.45, 2.75) is 66.0 Å². The second-order valence-electron chi connectivity index (χ2n) is 8.08. The van der Waals surface area contributed by atoms with Gasteiger partial charge in [0.15, 0.2) is 18.2 Å². The largest absolute Gasteiger partial charge is 0.502 e. The molecular formula is C18H26NO3+. The van der Waals surface area contributed by atoms with Crippen LogP contribution in [0.2, 0.25) is 0 Å². The van der Waals surface area contributed by atoms with Crippen LogP contribution >= 0.6 is 0 Å². The maximum Gasteiger partial charge on any atom is 0.219 e. The number of pyridine rings is 1. The van der Waals surface area contributed by atoms with E-state index in [2.05, 4.69) is 25.8 Å². The number of aromatic nitrogens is 1. The third-order valence-electron chi connectivity index (χ3n) is 7.05. The van der Waals surface area contributed by atoms with Crippen molar-refractivity contribution >= 4 is 0 Å². The third-order valence-corrected chi connectivity index (χ3v) is 7.05. The predicted octanol–water partition coefficient (Wildman–Crippen LogP) is 3.27. The van der Waals surface area contributed by atoms with Gasteiger partial charge in [-0.25, -0.2) is 4.98 Å². The molecular weight excluding hydrogens is 278 g/mol. The highest BCUT2D eigenvalue weighted by molar-refractivity contribution is 5.40. The Morgan fingerprint density at radius 1 is 1.36 bits per heavy atom. The number of aromatic amines is 1. The van der Waals surface area contributed by atoms with E-state index in [4.69, 9.17) is 9.47 Å². The van der Waals surface area contributed by atoms with Crippen molar-refractivity contribution in [1.29, 1.82) is 0 Å². The zero-order valence-corrected chi connectivity index (χ0v) is 13.9. The second-order valence-corrected chi connectivity index (χ2v) is 8.08. The molecule has 4 nitrogen and oxygen atoms in total. The maximum atomic E-state index is 10.4. The molecule has 0 radical (unpaired) electrons. The molecule has 1 aromatic heterocycles. The molecule has 22 heavy (non-hydrogen) atoms. The summed E-state index contributed by atoms with van der Waals surface area (Å²) in [7, 11) is 0. The average Bonchev–Trinajstić information content (AvgIpc) is 3.03. The van der Waals surface area contributed by atoms with E-state index in [1.807, 2.05) is 13.1 Å². The van der Waals surface area contributed by atoms with Gasteiger partial charge in [-0.1, -0.05) is 20.8 Å². The van der Waals surface area contributed by atoms with Crippen LogP contribution in [0, 0.1) is 23.7 Å². The van der Waals surface area contributed by atoms with E-state index in [1.54, 1.807) is 0 Å². The zero-order chi connectivity index (χ0) is 15.7. The van der Waals surface area contributed by atoms with Gasteiger partial charge in [-0.05, 0) is 36.0 Å². The van der Waals surface area contributed by atoms with Gasteiger partial charge < -0.3 is 14.6 Å². The van der Waals surface area contributed by atoms with E-state index < -0.39 is 6.29 Å². The number of nitrogens with one attached hydrogen (secondary N) is 1. The molecule has 0 aromatic carbocycles. The van der Waals surface area contributed by atoms with E-state index in [9.17, 15) is 5.11 Å². The molecule has 4 heteroatoms. The van der Waals surface area contributed by atoms with Gasteiger partial charge in [0.25, 0.3) is 0 Å². The minimum absolute atomic E-state index is 0.204. The van der Waals surface area contributed by atoms with Crippen LogP contribution in [0.15, 0.2) is 6.20 Å². The van der Waals surface area contributed by atoms with Crippen LogP contribution in [0.5, 0.6) is 5.75 Å². The summed E-state index contributed by atoms with van der Waals surface area (Å²) in [5.74, 6) is 1.02. The Labute approximate surface area is 131 Å². The SMILES string of the molecule is Cc1[nH+]cc2c(c1O)C(OC1CC3CCC1(C)C3(C)C)OC2. The highest BCUT2D eigenvalue weighted by atomic mass is 16.7. The van der Waals surface area contributed by atoms with Crippen LogP contribution < -0.4 is 4.98 Å². The van der Waals surface area contributed by atoms with Crippen LogP contribution in [0.3, 0.4) is 0 Å². The smallest absolute Gasteiger partial charge is 0.219 e. The first-order chi connectivity index (χ1) is 10.3. The van der Waals surface area contributed by atoms with Gasteiger partial charge in [-0.3, -0.25) is 0 Å². The molecule has 0 spiro atoms. The van der Waals surface area contributed by atoms with E-state index in [-0.39, 0.29) is 17.3 Å². The summed E-state index contributed by atoms with van der Waals surface area (Å²) in [6.45, 7) is 9.50. The first kappa shape index (κ1) is 14.5. The maximum absolute atomic E-state index is 10.4. The van der Waals surface area contributed by atoms with E-state index in [0.29, 0.717) is 12.0 Å². The Morgan fingerprint density at radius 2 is 2.14 bits per heavy atom. The molecule has 2 bridgehead atoms. The summed E-state index contributed by atoms with van der Waals surface area (Å²) in [5.41, 5.74) is 3.11. The highest BCUT2D eigenvalue weighted by Crippen LogP contribution is 2.66. The Kier molecular flexibility index (Phi) is 2.93. The first-order valence-corrected chi connectivity index (χ1v) is 8.34. The van der Waals surface area contributed by atoms with Crippen molar-refractivity contribution in [2.75, 3.05) is 0 Å². The monoisotopic (exact) mass is 304 g/mol. The molecule has 4 unspecified atom stereocenters. The summed E-state index contributed by atoms with van der Waals surface area (Å²) < 4.78 is 12.3. The standard InChI is InChI=1S/C18H25NO3/c1-10-15(20)14-11(8-19-10)9-21-16(14)22-13-7-12-5-6-18(13,4)17(12,2)3/h8,12-13,16,20H,5-7,9H2,1-4H3/p+1. The number of hydrogen-bond donors (Lipinski definition) is 1. The lowest BCUT2D eigenvalue weighted by Crippen LogP contribution is -2.37. The van der Waals surface area contributed by atoms with Gasteiger partial charge in [-0.2, -0.15) is 0 Å². The van der Waals surface area contributed by atoms with E-state index in [1.165, 1.54) is 12.8 Å². The minimum Gasteiger partial charge on any atom is -0.502 e. The summed E-state index contributed by atoms with van der Waals surface area (Å²) in [4.78, 5) is 3.08. The molecule has 4 rings (SSSR count). The molecule has 0 amide bonds. The number of aryl methyl sites for hydroxylation is 1. The van der Waals surface area contributed by atoms with Gasteiger partial charge in [-0.15, -0.1) is 0 Å². The number of rotatable bonds is 2. The van der Waals surface area contributed by atoms with Crippen LogP contribution in [0.1, 0.15) is 63.1 Å². The van der Waals surface area contributed by atoms with Gasteiger partial charge in [0.05, 0.1) is 23.8 Å². The third kappa shape index (κ3) is 1.68. The topological polar surface area (TPSA) is 52.8 Å². The molecule has 3 aliphatic rings. The quantitative estimate of drug-likeness (QED) is 0.912. The van der Waals surface area contributed by atoms with Gasteiger partial charge in [0, 0.05) is 6.92 Å². The number of fused-ring (bicyclic) bond motifs is 3. The second kappa shape index (κ2) is 4.45. The fraction of sp³-hybridized carbons (Fsp3) is 0.722. The van der Waals surface area contributed by atoms with Gasteiger partial charge in [0.1, 0.15) is 0 Å². The Hall–Kier alpha value is -1.13. The minimum atomic E-state index is -0.430. The molecule has 4 atom stereocenters. The molecule has 2 N–H and O–H groups in total. The van der Waals surface area contributed by atoms with Crippen molar-refractivity contribution in [3.63, 3.8) is 0 Å². The van der Waals surface area contributed by atoms with Crippen LogP contribution in [-0.2, 0) is 16.1 Å². The molecule has 2 aliphatic carbocycles. The Morgan fingerprint density at radius 3 is 2.77 bits per heavy atom. The lowest BCUT2D eigenvalue weighted by atomic mass is 9.70. The van der Waals surface area contributed by atoms with Crippen LogP contribution in [-0.4, -0.2) is 11.2 Å². The summed E-state index contributed by atoms with van der Waals surface area (Å²) in [6, 6.07) is 0. The van der Waals surface area contributed by atoms with Gasteiger partial charge in [0.2, 0.25) is 5.69 Å². The Bertz CT molecular complexity index is 627. The number of H-pyrrole nitrogens is 1. The predicted molar refractivity (Wildman–Crippen MR) is 81.0 cm³/mol. The lowest BCUT2D eigenvalue weighted by molar-refractivity contribution is -0.389. The summed E-state index contributed by atoms with van der Waals surface area (Å²) in [5, 5.41) is 10.4. The van der Waals surface area contributed by atoms with Crippen molar-refractivity contribution in [2.24, 2.45) is 16.7 Å². The van der Waals surface area contributed by atoms with Crippen LogP contribution in [0.4, 0.5) is 0 Å². The fourth-order valence-corrected chi connectivity index (χ4v) is 4.92. The summed E-state index contributed by atoms with van der Waals surface area (Å²) >= 11 is 0. The molecule has 2 fully saturated rings. The van der Waals surface area contributed by atoms with Gasteiger partial charge >= 0.3 is 0 Å². The molecule has 120 valence electrons. The average molecular weight is 304 g/mol. The number of ether oxygens (including phenoxy) is 2.